The van der Waals surface area contributed by atoms with Gasteiger partial charge in [-0.05, 0) is 31.9 Å². The Balaban J connectivity index is 2.30. The minimum absolute atomic E-state index is 0.0713. The number of fused-ring (bicyclic) bond motifs is 1. The predicted octanol–water partition coefficient (Wildman–Crippen LogP) is 1.92. The van der Waals surface area contributed by atoms with E-state index in [0.29, 0.717) is 18.5 Å². The van der Waals surface area contributed by atoms with E-state index in [0.717, 1.165) is 11.3 Å². The number of nitrogens with zero attached hydrogens (tertiary/aromatic N) is 2. The smallest absolute Gasteiger partial charge is 0.272 e. The summed E-state index contributed by atoms with van der Waals surface area (Å²) in [6.45, 7) is 5.80. The van der Waals surface area contributed by atoms with Crippen LogP contribution in [0.15, 0.2) is 24.4 Å². The van der Waals surface area contributed by atoms with Crippen LogP contribution in [0.4, 0.5) is 0 Å². The van der Waals surface area contributed by atoms with Crippen LogP contribution >= 0.6 is 0 Å². The highest BCUT2D eigenvalue weighted by molar-refractivity contribution is 5.93. The molecule has 0 bridgehead atoms. The van der Waals surface area contributed by atoms with Crippen molar-refractivity contribution in [2.75, 3.05) is 6.61 Å². The number of pyridine rings is 1. The molecular formula is C15H21N3O2. The van der Waals surface area contributed by atoms with E-state index in [9.17, 15) is 9.90 Å². The van der Waals surface area contributed by atoms with Crippen molar-refractivity contribution in [1.29, 1.82) is 0 Å². The quantitative estimate of drug-likeness (QED) is 0.876. The molecule has 0 atom stereocenters. The summed E-state index contributed by atoms with van der Waals surface area (Å²) in [7, 11) is 0. The Hall–Kier alpha value is -1.88. The molecule has 0 saturated carbocycles. The van der Waals surface area contributed by atoms with Crippen molar-refractivity contribution in [2.24, 2.45) is 0 Å². The molecule has 0 spiro atoms. The molecule has 2 aromatic rings. The molecule has 108 valence electrons. The van der Waals surface area contributed by atoms with E-state index in [1.165, 1.54) is 0 Å². The Morgan fingerprint density at radius 2 is 2.10 bits per heavy atom. The predicted molar refractivity (Wildman–Crippen MR) is 77.8 cm³/mol. The lowest BCUT2D eigenvalue weighted by Crippen LogP contribution is -2.50. The van der Waals surface area contributed by atoms with Gasteiger partial charge in [0, 0.05) is 11.9 Å². The van der Waals surface area contributed by atoms with Gasteiger partial charge in [0.25, 0.3) is 5.91 Å². The summed E-state index contributed by atoms with van der Waals surface area (Å²) in [4.78, 5) is 16.6. The highest BCUT2D eigenvalue weighted by Crippen LogP contribution is 2.16. The molecular weight excluding hydrogens is 254 g/mol. The molecule has 2 rings (SSSR count). The monoisotopic (exact) mass is 275 g/mol. The molecule has 2 heterocycles. The minimum atomic E-state index is -0.568. The van der Waals surface area contributed by atoms with E-state index < -0.39 is 5.54 Å². The minimum Gasteiger partial charge on any atom is -0.394 e. The van der Waals surface area contributed by atoms with Crippen molar-refractivity contribution in [3.8, 4) is 0 Å². The number of aromatic nitrogens is 2. The van der Waals surface area contributed by atoms with Gasteiger partial charge in [0.15, 0.2) is 0 Å². The van der Waals surface area contributed by atoms with Crippen LogP contribution < -0.4 is 5.32 Å². The molecule has 1 amide bonds. The highest BCUT2D eigenvalue weighted by Gasteiger charge is 2.28. The zero-order valence-electron chi connectivity index (χ0n) is 12.2. The third-order valence-electron chi connectivity index (χ3n) is 3.96. The van der Waals surface area contributed by atoms with Crippen LogP contribution in [0.5, 0.6) is 0 Å². The van der Waals surface area contributed by atoms with Gasteiger partial charge in [0.1, 0.15) is 11.3 Å². The van der Waals surface area contributed by atoms with Crippen LogP contribution in [0.1, 0.15) is 42.9 Å². The topological polar surface area (TPSA) is 66.6 Å². The Labute approximate surface area is 118 Å². The third-order valence-corrected chi connectivity index (χ3v) is 3.96. The fourth-order valence-corrected chi connectivity index (χ4v) is 2.25. The number of hydrogen-bond donors (Lipinski definition) is 2. The van der Waals surface area contributed by atoms with Crippen molar-refractivity contribution < 1.29 is 9.90 Å². The molecule has 2 aromatic heterocycles. The van der Waals surface area contributed by atoms with Crippen LogP contribution in [-0.2, 0) is 0 Å². The fourth-order valence-electron chi connectivity index (χ4n) is 2.25. The van der Waals surface area contributed by atoms with Crippen LogP contribution in [0.3, 0.4) is 0 Å². The van der Waals surface area contributed by atoms with Gasteiger partial charge in [-0.25, -0.2) is 4.98 Å². The van der Waals surface area contributed by atoms with Gasteiger partial charge in [-0.3, -0.25) is 4.79 Å². The Morgan fingerprint density at radius 1 is 1.40 bits per heavy atom. The molecule has 0 aliphatic heterocycles. The number of carbonyl (C=O) groups is 1. The average molecular weight is 275 g/mol. The number of rotatable bonds is 5. The first-order chi connectivity index (χ1) is 9.55. The standard InChI is InChI=1S/C15H21N3O2/c1-4-15(5-2,10-19)17-14(20)12-9-18-11(3)7-6-8-13(18)16-12/h6-9,19H,4-5,10H2,1-3H3,(H,17,20). The van der Waals surface area contributed by atoms with Crippen molar-refractivity contribution in [1.82, 2.24) is 14.7 Å². The fraction of sp³-hybridized carbons (Fsp3) is 0.467. The van der Waals surface area contributed by atoms with E-state index in [4.69, 9.17) is 0 Å². The number of aliphatic hydroxyl groups is 1. The summed E-state index contributed by atoms with van der Waals surface area (Å²) in [6, 6.07) is 5.74. The zero-order chi connectivity index (χ0) is 14.8. The second kappa shape index (κ2) is 5.63. The maximum Gasteiger partial charge on any atom is 0.272 e. The van der Waals surface area contributed by atoms with E-state index in [-0.39, 0.29) is 12.5 Å². The molecule has 0 saturated heterocycles. The molecule has 5 heteroatoms. The number of imidazole rings is 1. The van der Waals surface area contributed by atoms with Gasteiger partial charge >= 0.3 is 0 Å². The number of nitrogens with one attached hydrogen (secondary N) is 1. The van der Waals surface area contributed by atoms with Crippen molar-refractivity contribution in [3.63, 3.8) is 0 Å². The van der Waals surface area contributed by atoms with Crippen LogP contribution in [0.2, 0.25) is 0 Å². The van der Waals surface area contributed by atoms with E-state index >= 15 is 0 Å². The molecule has 0 unspecified atom stereocenters. The first-order valence-electron chi connectivity index (χ1n) is 6.93. The van der Waals surface area contributed by atoms with Crippen molar-refractivity contribution >= 4 is 11.6 Å². The largest absolute Gasteiger partial charge is 0.394 e. The summed E-state index contributed by atoms with van der Waals surface area (Å²) < 4.78 is 1.88. The SMILES string of the molecule is CCC(CC)(CO)NC(=O)c1cn2c(C)cccc2n1. The summed E-state index contributed by atoms with van der Waals surface area (Å²) in [5, 5.41) is 12.4. The molecule has 20 heavy (non-hydrogen) atoms. The number of hydrogen-bond acceptors (Lipinski definition) is 3. The maximum atomic E-state index is 12.3. The molecule has 0 fully saturated rings. The Morgan fingerprint density at radius 3 is 2.65 bits per heavy atom. The molecule has 0 aromatic carbocycles. The van der Waals surface area contributed by atoms with Gasteiger partial charge < -0.3 is 14.8 Å². The van der Waals surface area contributed by atoms with E-state index in [2.05, 4.69) is 10.3 Å². The number of amides is 1. The first kappa shape index (κ1) is 14.5. The summed E-state index contributed by atoms with van der Waals surface area (Å²) in [5.74, 6) is -0.245. The maximum absolute atomic E-state index is 12.3. The first-order valence-corrected chi connectivity index (χ1v) is 6.93. The van der Waals surface area contributed by atoms with Gasteiger partial charge in [0.2, 0.25) is 0 Å². The second-order valence-electron chi connectivity index (χ2n) is 5.12. The van der Waals surface area contributed by atoms with Gasteiger partial charge in [0.05, 0.1) is 12.1 Å². The molecule has 0 aliphatic rings. The summed E-state index contributed by atoms with van der Waals surface area (Å²) >= 11 is 0. The normalized spacial score (nSPS) is 11.8. The van der Waals surface area contributed by atoms with Crippen molar-refractivity contribution in [2.45, 2.75) is 39.2 Å². The summed E-state index contributed by atoms with van der Waals surface area (Å²) in [5.41, 5.74) is 1.58. The highest BCUT2D eigenvalue weighted by atomic mass is 16.3. The third kappa shape index (κ3) is 2.54. The van der Waals surface area contributed by atoms with Crippen molar-refractivity contribution in [3.05, 3.63) is 35.8 Å². The number of carbonyl (C=O) groups excluding carboxylic acids is 1. The summed E-state index contributed by atoms with van der Waals surface area (Å²) in [6.07, 6.45) is 3.09. The van der Waals surface area contributed by atoms with Gasteiger partial charge in [-0.2, -0.15) is 0 Å². The van der Waals surface area contributed by atoms with E-state index in [1.54, 1.807) is 6.20 Å². The zero-order valence-corrected chi connectivity index (χ0v) is 12.2. The molecule has 2 N–H and O–H groups in total. The van der Waals surface area contributed by atoms with Gasteiger partial charge in [-0.1, -0.05) is 19.9 Å². The second-order valence-corrected chi connectivity index (χ2v) is 5.12. The number of aliphatic hydroxyl groups excluding tert-OH is 1. The van der Waals surface area contributed by atoms with Gasteiger partial charge in [-0.15, -0.1) is 0 Å². The lowest BCUT2D eigenvalue weighted by atomic mass is 9.94. The Kier molecular flexibility index (Phi) is 4.09. The lowest BCUT2D eigenvalue weighted by molar-refractivity contribution is 0.0813. The lowest BCUT2D eigenvalue weighted by Gasteiger charge is -2.30. The van der Waals surface area contributed by atoms with E-state index in [1.807, 2.05) is 43.4 Å². The average Bonchev–Trinajstić information content (AvgIpc) is 2.90. The van der Waals surface area contributed by atoms with Crippen LogP contribution in [0.25, 0.3) is 5.65 Å². The van der Waals surface area contributed by atoms with Crippen LogP contribution in [0, 0.1) is 6.92 Å². The number of aryl methyl sites for hydroxylation is 1. The Bertz CT molecular complexity index is 606. The molecule has 5 nitrogen and oxygen atoms in total. The molecule has 0 radical (unpaired) electrons. The molecule has 0 aliphatic carbocycles. The van der Waals surface area contributed by atoms with Crippen LogP contribution in [-0.4, -0.2) is 32.5 Å².